The number of esters is 1. The molecule has 1 fully saturated rings. The van der Waals surface area contributed by atoms with Crippen molar-refractivity contribution in [2.24, 2.45) is 5.92 Å². The first-order chi connectivity index (χ1) is 7.91. The summed E-state index contributed by atoms with van der Waals surface area (Å²) >= 11 is 0. The third-order valence-electron chi connectivity index (χ3n) is 3.08. The molecule has 100 valence electrons. The Bertz CT molecular complexity index is 247. The number of ether oxygens (including phenoxy) is 1. The van der Waals surface area contributed by atoms with Crippen molar-refractivity contribution in [3.63, 3.8) is 0 Å². The molecule has 1 rings (SSSR count). The first-order valence-corrected chi connectivity index (χ1v) is 6.48. The molecule has 0 unspecified atom stereocenters. The van der Waals surface area contributed by atoms with Crippen molar-refractivity contribution in [1.29, 1.82) is 0 Å². The predicted octanol–water partition coefficient (Wildman–Crippen LogP) is 1.42. The van der Waals surface area contributed by atoms with Gasteiger partial charge in [0.2, 0.25) is 0 Å². The van der Waals surface area contributed by atoms with Crippen molar-refractivity contribution >= 4 is 5.97 Å². The molecular formula is C13H25NO3. The van der Waals surface area contributed by atoms with E-state index in [4.69, 9.17) is 4.74 Å². The molecule has 17 heavy (non-hydrogen) atoms. The van der Waals surface area contributed by atoms with Crippen molar-refractivity contribution < 1.29 is 14.6 Å². The lowest BCUT2D eigenvalue weighted by molar-refractivity contribution is -0.146. The lowest BCUT2D eigenvalue weighted by atomic mass is 10.0. The van der Waals surface area contributed by atoms with Crippen molar-refractivity contribution in [1.82, 2.24) is 4.90 Å². The molecule has 0 aromatic rings. The third-order valence-corrected chi connectivity index (χ3v) is 3.08. The Labute approximate surface area is 104 Å². The zero-order valence-electron chi connectivity index (χ0n) is 11.2. The molecule has 0 heterocycles. The maximum absolute atomic E-state index is 11.5. The topological polar surface area (TPSA) is 49.8 Å². The van der Waals surface area contributed by atoms with Crippen LogP contribution < -0.4 is 0 Å². The smallest absolute Gasteiger partial charge is 0.320 e. The van der Waals surface area contributed by atoms with Gasteiger partial charge in [-0.15, -0.1) is 0 Å². The maximum atomic E-state index is 11.5. The van der Waals surface area contributed by atoms with Crippen LogP contribution in [0.2, 0.25) is 0 Å². The number of likely N-dealkylation sites (N-methyl/N-ethyl adjacent to an activating group) is 1. The minimum atomic E-state index is -0.590. The average Bonchev–Trinajstić information content (AvgIpc) is 2.61. The van der Waals surface area contributed by atoms with Gasteiger partial charge in [-0.2, -0.15) is 0 Å². The van der Waals surface area contributed by atoms with Gasteiger partial charge in [0, 0.05) is 6.54 Å². The van der Waals surface area contributed by atoms with E-state index in [0.717, 1.165) is 25.7 Å². The number of carbonyl (C=O) groups is 1. The summed E-state index contributed by atoms with van der Waals surface area (Å²) in [4.78, 5) is 13.3. The van der Waals surface area contributed by atoms with E-state index in [9.17, 15) is 9.90 Å². The van der Waals surface area contributed by atoms with E-state index >= 15 is 0 Å². The van der Waals surface area contributed by atoms with Gasteiger partial charge in [-0.3, -0.25) is 9.69 Å². The van der Waals surface area contributed by atoms with Gasteiger partial charge in [-0.1, -0.05) is 26.7 Å². The van der Waals surface area contributed by atoms with E-state index in [0.29, 0.717) is 19.1 Å². The first-order valence-electron chi connectivity index (χ1n) is 6.48. The molecule has 0 saturated heterocycles. The van der Waals surface area contributed by atoms with E-state index in [1.54, 1.807) is 0 Å². The second kappa shape index (κ2) is 6.36. The number of nitrogens with zero attached hydrogens (tertiary/aromatic N) is 1. The van der Waals surface area contributed by atoms with E-state index < -0.39 is 5.60 Å². The van der Waals surface area contributed by atoms with Crippen molar-refractivity contribution in [2.45, 2.75) is 45.1 Å². The first kappa shape index (κ1) is 14.5. The Kier molecular flexibility index (Phi) is 5.40. The zero-order valence-corrected chi connectivity index (χ0v) is 11.2. The third kappa shape index (κ3) is 5.50. The molecule has 0 aromatic carbocycles. The molecule has 0 bridgehead atoms. The minimum absolute atomic E-state index is 0.206. The van der Waals surface area contributed by atoms with Crippen LogP contribution in [0.4, 0.5) is 0 Å². The van der Waals surface area contributed by atoms with Crippen LogP contribution in [0.25, 0.3) is 0 Å². The lowest BCUT2D eigenvalue weighted by Crippen LogP contribution is -2.41. The largest absolute Gasteiger partial charge is 0.464 e. The normalized spacial score (nSPS) is 18.9. The number of aliphatic hydroxyl groups is 1. The fraction of sp³-hybridized carbons (Fsp3) is 0.923. The van der Waals surface area contributed by atoms with Crippen LogP contribution in [0.1, 0.15) is 39.5 Å². The predicted molar refractivity (Wildman–Crippen MR) is 66.7 cm³/mol. The van der Waals surface area contributed by atoms with Crippen LogP contribution in [0, 0.1) is 5.92 Å². The summed E-state index contributed by atoms with van der Waals surface area (Å²) < 4.78 is 5.11. The summed E-state index contributed by atoms with van der Waals surface area (Å²) in [6.45, 7) is 5.31. The summed E-state index contributed by atoms with van der Waals surface area (Å²) in [5.41, 5.74) is -0.590. The van der Waals surface area contributed by atoms with Crippen LogP contribution >= 0.6 is 0 Å². The lowest BCUT2D eigenvalue weighted by Gasteiger charge is -2.27. The highest BCUT2D eigenvalue weighted by Crippen LogP contribution is 2.29. The van der Waals surface area contributed by atoms with Gasteiger partial charge in [0.15, 0.2) is 0 Å². The molecule has 1 saturated carbocycles. The maximum Gasteiger partial charge on any atom is 0.320 e. The number of carbonyl (C=O) groups excluding carboxylic acids is 1. The van der Waals surface area contributed by atoms with Crippen LogP contribution in [0.5, 0.6) is 0 Å². The molecule has 0 radical (unpaired) electrons. The molecule has 0 aliphatic heterocycles. The molecule has 1 aliphatic carbocycles. The van der Waals surface area contributed by atoms with E-state index in [1.807, 2.05) is 25.8 Å². The van der Waals surface area contributed by atoms with E-state index in [-0.39, 0.29) is 12.5 Å². The Morgan fingerprint density at radius 1 is 1.41 bits per heavy atom. The van der Waals surface area contributed by atoms with Gasteiger partial charge >= 0.3 is 5.97 Å². The molecule has 0 spiro atoms. The summed E-state index contributed by atoms with van der Waals surface area (Å²) in [6.07, 6.45) is 3.86. The van der Waals surface area contributed by atoms with Gasteiger partial charge in [0.25, 0.3) is 0 Å². The van der Waals surface area contributed by atoms with Crippen LogP contribution in [0.15, 0.2) is 0 Å². The van der Waals surface area contributed by atoms with Gasteiger partial charge in [0.05, 0.1) is 18.8 Å². The fourth-order valence-electron chi connectivity index (χ4n) is 2.28. The van der Waals surface area contributed by atoms with Gasteiger partial charge in [-0.25, -0.2) is 0 Å². The van der Waals surface area contributed by atoms with Gasteiger partial charge in [0.1, 0.15) is 0 Å². The highest BCUT2D eigenvalue weighted by molar-refractivity contribution is 5.71. The van der Waals surface area contributed by atoms with Gasteiger partial charge in [-0.05, 0) is 25.8 Å². The fourth-order valence-corrected chi connectivity index (χ4v) is 2.28. The van der Waals surface area contributed by atoms with E-state index in [1.165, 1.54) is 0 Å². The Hall–Kier alpha value is -0.610. The molecule has 1 aliphatic rings. The number of hydrogen-bond acceptors (Lipinski definition) is 4. The highest BCUT2D eigenvalue weighted by atomic mass is 16.5. The molecule has 0 atom stereocenters. The Morgan fingerprint density at radius 3 is 2.53 bits per heavy atom. The summed E-state index contributed by atoms with van der Waals surface area (Å²) in [7, 11) is 1.85. The van der Waals surface area contributed by atoms with Crippen molar-refractivity contribution in [3.8, 4) is 0 Å². The molecule has 1 N–H and O–H groups in total. The number of rotatable bonds is 6. The van der Waals surface area contributed by atoms with E-state index in [2.05, 4.69) is 0 Å². The van der Waals surface area contributed by atoms with Crippen molar-refractivity contribution in [2.75, 3.05) is 26.7 Å². The summed E-state index contributed by atoms with van der Waals surface area (Å²) in [5.74, 6) is 0.158. The molecule has 0 aromatic heterocycles. The van der Waals surface area contributed by atoms with Gasteiger partial charge < -0.3 is 9.84 Å². The highest BCUT2D eigenvalue weighted by Gasteiger charge is 2.32. The Morgan fingerprint density at radius 2 is 2.00 bits per heavy atom. The second-order valence-electron chi connectivity index (χ2n) is 5.68. The average molecular weight is 243 g/mol. The van der Waals surface area contributed by atoms with Crippen molar-refractivity contribution in [3.05, 3.63) is 0 Å². The summed E-state index contributed by atoms with van der Waals surface area (Å²) in [5, 5.41) is 10.2. The zero-order chi connectivity index (χ0) is 12.9. The monoisotopic (exact) mass is 243 g/mol. The minimum Gasteiger partial charge on any atom is -0.464 e. The van der Waals surface area contributed by atoms with Crippen LogP contribution in [0.3, 0.4) is 0 Å². The molecule has 0 amide bonds. The molecular weight excluding hydrogens is 218 g/mol. The van der Waals surface area contributed by atoms with Crippen LogP contribution in [-0.2, 0) is 9.53 Å². The molecule has 4 heteroatoms. The molecule has 4 nitrogen and oxygen atoms in total. The van der Waals surface area contributed by atoms with Crippen LogP contribution in [-0.4, -0.2) is 48.3 Å². The number of hydrogen-bond donors (Lipinski definition) is 1. The second-order valence-corrected chi connectivity index (χ2v) is 5.68. The summed E-state index contributed by atoms with van der Waals surface area (Å²) in [6, 6.07) is 0. The Balaban J connectivity index is 2.24. The SMILES string of the molecule is CC(C)COC(=O)CN(C)CC1(O)CCCC1. The standard InChI is InChI=1S/C13H25NO3/c1-11(2)9-17-12(15)8-14(3)10-13(16)6-4-5-7-13/h11,16H,4-10H2,1-3H3. The quantitative estimate of drug-likeness (QED) is 0.717.